The minimum absolute atomic E-state index is 0.602. The molecule has 2 bridgehead atoms. The van der Waals surface area contributed by atoms with Crippen molar-refractivity contribution in [3.8, 4) is 0 Å². The predicted molar refractivity (Wildman–Crippen MR) is 76.8 cm³/mol. The highest BCUT2D eigenvalue weighted by Crippen LogP contribution is 2.38. The summed E-state index contributed by atoms with van der Waals surface area (Å²) in [7, 11) is 2.40. The van der Waals surface area contributed by atoms with E-state index in [1.165, 1.54) is 51.4 Å². The molecule has 0 aromatic carbocycles. The summed E-state index contributed by atoms with van der Waals surface area (Å²) in [6.45, 7) is 4.88. The average Bonchev–Trinajstić information content (AvgIpc) is 2.67. The number of hydrogen-bond donors (Lipinski definition) is 1. The first kappa shape index (κ1) is 12.9. The van der Waals surface area contributed by atoms with Crippen molar-refractivity contribution < 1.29 is 0 Å². The second-order valence-electron chi connectivity index (χ2n) is 7.82. The Hall–Kier alpha value is -0.0800. The molecule has 3 rings (SSSR count). The van der Waals surface area contributed by atoms with Crippen molar-refractivity contribution in [1.82, 2.24) is 10.2 Å². The van der Waals surface area contributed by atoms with Crippen LogP contribution in [-0.2, 0) is 0 Å². The van der Waals surface area contributed by atoms with E-state index in [0.29, 0.717) is 5.41 Å². The minimum atomic E-state index is 0.602. The van der Waals surface area contributed by atoms with Crippen molar-refractivity contribution in [2.75, 3.05) is 7.05 Å². The molecular formula is C16H30N2. The molecule has 2 nitrogen and oxygen atoms in total. The second-order valence-corrected chi connectivity index (χ2v) is 7.82. The molecule has 0 radical (unpaired) electrons. The summed E-state index contributed by atoms with van der Waals surface area (Å²) < 4.78 is 0. The molecule has 0 aromatic heterocycles. The lowest BCUT2D eigenvalue weighted by molar-refractivity contribution is 0.0720. The van der Waals surface area contributed by atoms with Crippen LogP contribution in [0.1, 0.15) is 65.2 Å². The van der Waals surface area contributed by atoms with Gasteiger partial charge in [0.1, 0.15) is 0 Å². The molecule has 3 fully saturated rings. The Morgan fingerprint density at radius 2 is 1.44 bits per heavy atom. The lowest BCUT2D eigenvalue weighted by Crippen LogP contribution is -2.51. The molecule has 2 aliphatic heterocycles. The zero-order valence-corrected chi connectivity index (χ0v) is 12.4. The van der Waals surface area contributed by atoms with Gasteiger partial charge in [-0.25, -0.2) is 0 Å². The highest BCUT2D eigenvalue weighted by molar-refractivity contribution is 4.97. The Bertz CT molecular complexity index is 277. The van der Waals surface area contributed by atoms with E-state index in [1.54, 1.807) is 0 Å². The largest absolute Gasteiger partial charge is 0.311 e. The first-order valence-electron chi connectivity index (χ1n) is 8.01. The highest BCUT2D eigenvalue weighted by Gasteiger charge is 2.38. The lowest BCUT2D eigenvalue weighted by Gasteiger charge is -2.44. The van der Waals surface area contributed by atoms with Crippen LogP contribution in [0.5, 0.6) is 0 Å². The van der Waals surface area contributed by atoms with Crippen LogP contribution >= 0.6 is 0 Å². The zero-order chi connectivity index (χ0) is 12.8. The first-order chi connectivity index (χ1) is 8.53. The van der Waals surface area contributed by atoms with Gasteiger partial charge in [0.05, 0.1) is 0 Å². The van der Waals surface area contributed by atoms with E-state index in [4.69, 9.17) is 0 Å². The molecule has 1 aliphatic carbocycles. The van der Waals surface area contributed by atoms with Crippen LogP contribution < -0.4 is 5.32 Å². The molecule has 0 aromatic rings. The smallest absolute Gasteiger partial charge is 0.0125 e. The van der Waals surface area contributed by atoms with Crippen molar-refractivity contribution >= 4 is 0 Å². The monoisotopic (exact) mass is 250 g/mol. The van der Waals surface area contributed by atoms with Crippen LogP contribution in [0.4, 0.5) is 0 Å². The third-order valence-corrected chi connectivity index (χ3v) is 5.91. The minimum Gasteiger partial charge on any atom is -0.311 e. The van der Waals surface area contributed by atoms with Crippen molar-refractivity contribution in [2.45, 2.75) is 89.4 Å². The molecule has 2 heteroatoms. The summed E-state index contributed by atoms with van der Waals surface area (Å²) in [5.41, 5.74) is 0.602. The SMILES string of the molecule is CN(C1CCC(C)(C)CC1)C1CC2CCC(C1)N2. The summed E-state index contributed by atoms with van der Waals surface area (Å²) in [4.78, 5) is 2.75. The summed E-state index contributed by atoms with van der Waals surface area (Å²) >= 11 is 0. The second kappa shape index (κ2) is 4.79. The number of rotatable bonds is 2. The van der Waals surface area contributed by atoms with Gasteiger partial charge in [0.15, 0.2) is 0 Å². The zero-order valence-electron chi connectivity index (χ0n) is 12.4. The van der Waals surface area contributed by atoms with Crippen LogP contribution in [0.15, 0.2) is 0 Å². The topological polar surface area (TPSA) is 15.3 Å². The van der Waals surface area contributed by atoms with Gasteiger partial charge >= 0.3 is 0 Å². The van der Waals surface area contributed by atoms with Crippen LogP contribution in [0.2, 0.25) is 0 Å². The Morgan fingerprint density at radius 3 is 2.00 bits per heavy atom. The van der Waals surface area contributed by atoms with E-state index in [2.05, 4.69) is 31.1 Å². The van der Waals surface area contributed by atoms with Crippen molar-refractivity contribution in [3.05, 3.63) is 0 Å². The quantitative estimate of drug-likeness (QED) is 0.810. The van der Waals surface area contributed by atoms with Crippen LogP contribution in [-0.4, -0.2) is 36.1 Å². The Morgan fingerprint density at radius 1 is 0.889 bits per heavy atom. The number of nitrogens with one attached hydrogen (secondary N) is 1. The van der Waals surface area contributed by atoms with Crippen molar-refractivity contribution in [2.24, 2.45) is 5.41 Å². The molecule has 104 valence electrons. The number of fused-ring (bicyclic) bond motifs is 2. The highest BCUT2D eigenvalue weighted by atomic mass is 15.2. The van der Waals surface area contributed by atoms with Crippen molar-refractivity contribution in [1.29, 1.82) is 0 Å². The van der Waals surface area contributed by atoms with Gasteiger partial charge in [-0.15, -0.1) is 0 Å². The molecule has 18 heavy (non-hydrogen) atoms. The van der Waals surface area contributed by atoms with Crippen LogP contribution in [0.25, 0.3) is 0 Å². The molecule has 1 saturated carbocycles. The third kappa shape index (κ3) is 2.60. The molecule has 1 N–H and O–H groups in total. The maximum Gasteiger partial charge on any atom is 0.0125 e. The molecule has 2 heterocycles. The summed E-state index contributed by atoms with van der Waals surface area (Å²) in [5, 5.41) is 3.76. The van der Waals surface area contributed by atoms with Gasteiger partial charge in [-0.2, -0.15) is 0 Å². The van der Waals surface area contributed by atoms with E-state index < -0.39 is 0 Å². The summed E-state index contributed by atoms with van der Waals surface area (Å²) in [6, 6.07) is 3.38. The first-order valence-corrected chi connectivity index (χ1v) is 8.01. The van der Waals surface area contributed by atoms with E-state index in [9.17, 15) is 0 Å². The van der Waals surface area contributed by atoms with Gasteiger partial charge in [-0.05, 0) is 63.8 Å². The number of hydrogen-bond acceptors (Lipinski definition) is 2. The lowest BCUT2D eigenvalue weighted by atomic mass is 9.75. The average molecular weight is 250 g/mol. The molecule has 0 amide bonds. The van der Waals surface area contributed by atoms with Crippen molar-refractivity contribution in [3.63, 3.8) is 0 Å². The molecular weight excluding hydrogens is 220 g/mol. The maximum atomic E-state index is 3.76. The molecule has 2 saturated heterocycles. The molecule has 2 atom stereocenters. The van der Waals surface area contributed by atoms with Crippen LogP contribution in [0.3, 0.4) is 0 Å². The van der Waals surface area contributed by atoms with E-state index in [0.717, 1.165) is 24.2 Å². The summed E-state index contributed by atoms with van der Waals surface area (Å²) in [5.74, 6) is 0. The van der Waals surface area contributed by atoms with Gasteiger partial charge < -0.3 is 10.2 Å². The maximum absolute atomic E-state index is 3.76. The predicted octanol–water partition coefficient (Wildman–Crippen LogP) is 3.17. The van der Waals surface area contributed by atoms with Crippen LogP contribution in [0, 0.1) is 5.41 Å². The molecule has 0 spiro atoms. The van der Waals surface area contributed by atoms with Gasteiger partial charge in [0, 0.05) is 24.2 Å². The fraction of sp³-hybridized carbons (Fsp3) is 1.00. The van der Waals surface area contributed by atoms with Gasteiger partial charge in [0.2, 0.25) is 0 Å². The fourth-order valence-corrected chi connectivity index (χ4v) is 4.45. The standard InChI is InChI=1S/C16H30N2/c1-16(2)8-6-14(7-9-16)18(3)15-10-12-4-5-13(11-15)17-12/h12-15,17H,4-11H2,1-3H3. The van der Waals surface area contributed by atoms with Gasteiger partial charge in [-0.1, -0.05) is 13.8 Å². The van der Waals surface area contributed by atoms with Gasteiger partial charge in [0.25, 0.3) is 0 Å². The Balaban J connectivity index is 1.56. The van der Waals surface area contributed by atoms with E-state index in [1.807, 2.05) is 0 Å². The molecule has 2 unspecified atom stereocenters. The van der Waals surface area contributed by atoms with E-state index in [-0.39, 0.29) is 0 Å². The summed E-state index contributed by atoms with van der Waals surface area (Å²) in [6.07, 6.45) is 11.3. The number of piperidine rings is 1. The fourth-order valence-electron chi connectivity index (χ4n) is 4.45. The van der Waals surface area contributed by atoms with Gasteiger partial charge in [-0.3, -0.25) is 0 Å². The van der Waals surface area contributed by atoms with E-state index >= 15 is 0 Å². The third-order valence-electron chi connectivity index (χ3n) is 5.91. The Labute approximate surface area is 113 Å². The molecule has 3 aliphatic rings. The Kier molecular flexibility index (Phi) is 3.44. The number of nitrogens with zero attached hydrogens (tertiary/aromatic N) is 1. The normalized spacial score (nSPS) is 40.3.